The lowest BCUT2D eigenvalue weighted by Crippen LogP contribution is -2.30. The minimum Gasteiger partial charge on any atom is -0.302 e. The van der Waals surface area contributed by atoms with Crippen LogP contribution in [0.3, 0.4) is 0 Å². The number of rotatable bonds is 5. The van der Waals surface area contributed by atoms with E-state index in [1.165, 1.54) is 0 Å². The molecule has 0 aromatic carbocycles. The molecular weight excluding hydrogens is 191 g/mol. The molecule has 0 aromatic rings. The predicted molar refractivity (Wildman–Crippen MR) is 51.5 cm³/mol. The largest absolute Gasteiger partial charge is 0.472 e. The lowest BCUT2D eigenvalue weighted by Gasteiger charge is -2.30. The molecule has 0 aliphatic carbocycles. The number of hydrogen-bond acceptors (Lipinski definition) is 3. The van der Waals surface area contributed by atoms with E-state index in [2.05, 4.69) is 4.52 Å². The summed E-state index contributed by atoms with van der Waals surface area (Å²) < 4.78 is 20.9. The van der Waals surface area contributed by atoms with E-state index in [4.69, 9.17) is 4.52 Å². The van der Waals surface area contributed by atoms with Gasteiger partial charge in [-0.15, -0.1) is 0 Å². The summed E-state index contributed by atoms with van der Waals surface area (Å²) in [5.74, 6) is 0.147. The van der Waals surface area contributed by atoms with E-state index in [-0.39, 0.29) is 12.5 Å². The third-order valence-corrected chi connectivity index (χ3v) is 3.32. The minimum absolute atomic E-state index is 0.147. The highest BCUT2D eigenvalue weighted by atomic mass is 31.2. The van der Waals surface area contributed by atoms with Crippen molar-refractivity contribution in [1.82, 2.24) is 0 Å². The van der Waals surface area contributed by atoms with Gasteiger partial charge in [0.2, 0.25) is 0 Å². The quantitative estimate of drug-likeness (QED) is 0.708. The summed E-state index contributed by atoms with van der Waals surface area (Å²) >= 11 is 0. The van der Waals surface area contributed by atoms with Gasteiger partial charge in [0.05, 0.1) is 12.2 Å². The third-order valence-electron chi connectivity index (χ3n) is 2.03. The molecule has 0 aliphatic heterocycles. The molecule has 0 fully saturated rings. The Bertz CT molecular complexity index is 200. The van der Waals surface area contributed by atoms with Crippen molar-refractivity contribution in [3.8, 4) is 0 Å². The van der Waals surface area contributed by atoms with Crippen LogP contribution in [-0.4, -0.2) is 17.1 Å². The average Bonchev–Trinajstić information content (AvgIpc) is 1.83. The molecule has 13 heavy (non-hydrogen) atoms. The second-order valence-corrected chi connectivity index (χ2v) is 5.11. The maximum absolute atomic E-state index is 11.2. The first kappa shape index (κ1) is 13.1. The molecule has 0 spiro atoms. The van der Waals surface area contributed by atoms with Crippen LogP contribution in [-0.2, 0) is 13.6 Å². The molecule has 0 saturated carbocycles. The van der Waals surface area contributed by atoms with Gasteiger partial charge in [0.15, 0.2) is 0 Å². The van der Waals surface area contributed by atoms with Crippen LogP contribution in [0, 0.1) is 5.92 Å². The molecule has 4 nitrogen and oxygen atoms in total. The molecule has 0 amide bonds. The van der Waals surface area contributed by atoms with Crippen molar-refractivity contribution in [1.29, 1.82) is 0 Å². The van der Waals surface area contributed by atoms with Gasteiger partial charge in [0.25, 0.3) is 0 Å². The number of phosphoric acid groups is 1. The standard InChI is InChI=1S/C8H19O4P/c1-6-11-13(9,10)12-8(4,5)7(2)3/h7H,6H2,1-5H3,(H,9,10). The maximum Gasteiger partial charge on any atom is 0.472 e. The summed E-state index contributed by atoms with van der Waals surface area (Å²) in [5.41, 5.74) is -0.653. The van der Waals surface area contributed by atoms with E-state index >= 15 is 0 Å². The maximum atomic E-state index is 11.2. The Morgan fingerprint density at radius 3 is 2.23 bits per heavy atom. The summed E-state index contributed by atoms with van der Waals surface area (Å²) in [6, 6.07) is 0. The van der Waals surface area contributed by atoms with Crippen LogP contribution in [0.5, 0.6) is 0 Å². The van der Waals surface area contributed by atoms with Crippen molar-refractivity contribution in [2.24, 2.45) is 5.92 Å². The summed E-state index contributed by atoms with van der Waals surface area (Å²) in [6.45, 7) is 9.19. The molecule has 0 aromatic heterocycles. The molecule has 1 atom stereocenters. The number of hydrogen-bond donors (Lipinski definition) is 1. The van der Waals surface area contributed by atoms with E-state index in [9.17, 15) is 9.46 Å². The van der Waals surface area contributed by atoms with Crippen LogP contribution in [0.4, 0.5) is 0 Å². The Balaban J connectivity index is 4.33. The molecule has 5 heteroatoms. The Kier molecular flexibility index (Phi) is 4.60. The molecule has 1 unspecified atom stereocenters. The summed E-state index contributed by atoms with van der Waals surface area (Å²) in [4.78, 5) is 9.21. The van der Waals surface area contributed by atoms with Crippen molar-refractivity contribution in [2.75, 3.05) is 6.61 Å². The first-order valence-corrected chi connectivity index (χ1v) is 5.89. The topological polar surface area (TPSA) is 55.8 Å². The SMILES string of the molecule is CCOP(=O)(O)OC(C)(C)C(C)C. The van der Waals surface area contributed by atoms with Crippen LogP contribution in [0.1, 0.15) is 34.6 Å². The van der Waals surface area contributed by atoms with Crippen LogP contribution in [0.25, 0.3) is 0 Å². The molecule has 1 N–H and O–H groups in total. The highest BCUT2D eigenvalue weighted by molar-refractivity contribution is 7.47. The first-order valence-electron chi connectivity index (χ1n) is 4.39. The average molecular weight is 210 g/mol. The molecule has 0 rings (SSSR count). The summed E-state index contributed by atoms with van der Waals surface area (Å²) in [5, 5.41) is 0. The van der Waals surface area contributed by atoms with Crippen LogP contribution >= 0.6 is 7.82 Å². The zero-order valence-electron chi connectivity index (χ0n) is 8.90. The molecule has 0 radical (unpaired) electrons. The Hall–Kier alpha value is 0.110. The van der Waals surface area contributed by atoms with Gasteiger partial charge < -0.3 is 4.89 Å². The van der Waals surface area contributed by atoms with Crippen molar-refractivity contribution in [2.45, 2.75) is 40.2 Å². The van der Waals surface area contributed by atoms with Gasteiger partial charge >= 0.3 is 7.82 Å². The molecular formula is C8H19O4P. The second kappa shape index (κ2) is 4.56. The van der Waals surface area contributed by atoms with Crippen LogP contribution in [0.2, 0.25) is 0 Å². The van der Waals surface area contributed by atoms with E-state index in [1.807, 2.05) is 13.8 Å². The Morgan fingerprint density at radius 1 is 1.46 bits per heavy atom. The molecule has 0 saturated heterocycles. The fourth-order valence-corrected chi connectivity index (χ4v) is 1.78. The lowest BCUT2D eigenvalue weighted by atomic mass is 9.95. The van der Waals surface area contributed by atoms with E-state index in [1.54, 1.807) is 20.8 Å². The second-order valence-electron chi connectivity index (χ2n) is 3.74. The van der Waals surface area contributed by atoms with Gasteiger partial charge in [-0.3, -0.25) is 9.05 Å². The van der Waals surface area contributed by atoms with Crippen molar-refractivity contribution in [3.05, 3.63) is 0 Å². The third kappa shape index (κ3) is 4.77. The highest BCUT2D eigenvalue weighted by Gasteiger charge is 2.33. The minimum atomic E-state index is -3.87. The fourth-order valence-electron chi connectivity index (χ4n) is 0.592. The fraction of sp³-hybridized carbons (Fsp3) is 1.00. The molecule has 0 bridgehead atoms. The van der Waals surface area contributed by atoms with Crippen LogP contribution in [0.15, 0.2) is 0 Å². The number of phosphoric ester groups is 1. The zero-order valence-corrected chi connectivity index (χ0v) is 9.80. The Labute approximate surface area is 79.9 Å². The normalized spacial score (nSPS) is 17.5. The molecule has 80 valence electrons. The van der Waals surface area contributed by atoms with E-state index < -0.39 is 13.4 Å². The van der Waals surface area contributed by atoms with Gasteiger partial charge in [-0.05, 0) is 26.7 Å². The van der Waals surface area contributed by atoms with Gasteiger partial charge in [-0.25, -0.2) is 4.57 Å². The Morgan fingerprint density at radius 2 is 1.92 bits per heavy atom. The first-order chi connectivity index (χ1) is 5.71. The van der Waals surface area contributed by atoms with Gasteiger partial charge in [-0.2, -0.15) is 0 Å². The predicted octanol–water partition coefficient (Wildman–Crippen LogP) is 2.57. The van der Waals surface area contributed by atoms with E-state index in [0.717, 1.165) is 0 Å². The summed E-state index contributed by atoms with van der Waals surface area (Å²) in [6.07, 6.45) is 0. The monoisotopic (exact) mass is 210 g/mol. The van der Waals surface area contributed by atoms with Crippen molar-refractivity contribution < 1.29 is 18.5 Å². The van der Waals surface area contributed by atoms with Gasteiger partial charge in [0, 0.05) is 0 Å². The van der Waals surface area contributed by atoms with Gasteiger partial charge in [0.1, 0.15) is 0 Å². The van der Waals surface area contributed by atoms with E-state index in [0.29, 0.717) is 0 Å². The molecule has 0 aliphatic rings. The lowest BCUT2D eigenvalue weighted by molar-refractivity contribution is 0.0167. The van der Waals surface area contributed by atoms with Crippen molar-refractivity contribution >= 4 is 7.82 Å². The molecule has 0 heterocycles. The van der Waals surface area contributed by atoms with Crippen LogP contribution < -0.4 is 0 Å². The van der Waals surface area contributed by atoms with Crippen molar-refractivity contribution in [3.63, 3.8) is 0 Å². The summed E-state index contributed by atoms with van der Waals surface area (Å²) in [7, 11) is -3.87. The zero-order chi connectivity index (χ0) is 10.7. The van der Waals surface area contributed by atoms with Gasteiger partial charge in [-0.1, -0.05) is 13.8 Å². The smallest absolute Gasteiger partial charge is 0.302 e. The highest BCUT2D eigenvalue weighted by Crippen LogP contribution is 2.48.